The lowest BCUT2D eigenvalue weighted by Crippen LogP contribution is -2.44. The van der Waals surface area contributed by atoms with E-state index in [0.29, 0.717) is 40.8 Å². The van der Waals surface area contributed by atoms with Gasteiger partial charge in [0.15, 0.2) is 0 Å². The fraction of sp³-hybridized carbons (Fsp3) is 0.647. The van der Waals surface area contributed by atoms with Crippen molar-refractivity contribution in [2.24, 2.45) is 11.7 Å². The molecule has 2 rings (SSSR count). The van der Waals surface area contributed by atoms with Crippen LogP contribution in [0, 0.1) is 5.92 Å². The number of hydrogen-bond acceptors (Lipinski definition) is 5. The molecule has 140 valence electrons. The van der Waals surface area contributed by atoms with Crippen LogP contribution in [0.5, 0.6) is 5.75 Å². The normalized spacial score (nSPS) is 18.2. The molecule has 1 aliphatic rings. The van der Waals surface area contributed by atoms with Crippen LogP contribution in [-0.2, 0) is 11.3 Å². The lowest BCUT2D eigenvalue weighted by Gasteiger charge is -2.34. The summed E-state index contributed by atoms with van der Waals surface area (Å²) in [6, 6.07) is 1.78. The zero-order valence-corrected chi connectivity index (χ0v) is 17.2. The van der Waals surface area contributed by atoms with Gasteiger partial charge in [0.05, 0.1) is 16.8 Å². The molecule has 1 saturated heterocycles. The number of amides is 1. The van der Waals surface area contributed by atoms with E-state index < -0.39 is 5.60 Å². The predicted octanol–water partition coefficient (Wildman–Crippen LogP) is 3.98. The van der Waals surface area contributed by atoms with E-state index in [9.17, 15) is 4.79 Å². The molecule has 0 aromatic carbocycles. The number of aromatic nitrogens is 1. The van der Waals surface area contributed by atoms with Crippen LogP contribution in [0.15, 0.2) is 10.5 Å². The van der Waals surface area contributed by atoms with Gasteiger partial charge in [0, 0.05) is 25.6 Å². The Bertz CT molecular complexity index is 622. The van der Waals surface area contributed by atoms with Crippen molar-refractivity contribution in [3.05, 3.63) is 21.4 Å². The van der Waals surface area contributed by atoms with Crippen LogP contribution >= 0.6 is 27.5 Å². The minimum Gasteiger partial charge on any atom is -0.491 e. The minimum absolute atomic E-state index is 0.237. The molecule has 1 aliphatic heterocycles. The van der Waals surface area contributed by atoms with Gasteiger partial charge < -0.3 is 20.1 Å². The molecule has 0 unspecified atom stereocenters. The highest BCUT2D eigenvalue weighted by Gasteiger charge is 2.28. The molecular weight excluding hydrogens is 410 g/mol. The maximum absolute atomic E-state index is 12.2. The van der Waals surface area contributed by atoms with Crippen LogP contribution in [0.1, 0.15) is 39.3 Å². The highest BCUT2D eigenvalue weighted by atomic mass is 79.9. The van der Waals surface area contributed by atoms with Crippen molar-refractivity contribution < 1.29 is 14.3 Å². The summed E-state index contributed by atoms with van der Waals surface area (Å²) in [5.41, 5.74) is 5.84. The first kappa shape index (κ1) is 20.3. The van der Waals surface area contributed by atoms with Gasteiger partial charge in [-0.15, -0.1) is 0 Å². The van der Waals surface area contributed by atoms with Crippen LogP contribution in [0.25, 0.3) is 0 Å². The lowest BCUT2D eigenvalue weighted by atomic mass is 9.99. The fourth-order valence-corrected chi connectivity index (χ4v) is 3.11. The number of halogens is 2. The average Bonchev–Trinajstić information content (AvgIpc) is 2.54. The largest absolute Gasteiger partial charge is 0.491 e. The van der Waals surface area contributed by atoms with Gasteiger partial charge in [-0.05, 0) is 55.6 Å². The molecule has 0 aliphatic carbocycles. The van der Waals surface area contributed by atoms with Crippen molar-refractivity contribution >= 4 is 33.6 Å². The number of pyridine rings is 1. The van der Waals surface area contributed by atoms with Gasteiger partial charge in [-0.1, -0.05) is 11.6 Å². The van der Waals surface area contributed by atoms with E-state index in [-0.39, 0.29) is 18.6 Å². The van der Waals surface area contributed by atoms with Crippen LogP contribution in [-0.4, -0.2) is 41.3 Å². The number of ether oxygens (including phenoxy) is 2. The van der Waals surface area contributed by atoms with E-state index >= 15 is 0 Å². The third-order valence-corrected chi connectivity index (χ3v) is 4.93. The monoisotopic (exact) mass is 433 g/mol. The summed E-state index contributed by atoms with van der Waals surface area (Å²) in [4.78, 5) is 18.2. The Morgan fingerprint density at radius 1 is 1.52 bits per heavy atom. The fourth-order valence-electron chi connectivity index (χ4n) is 2.66. The highest BCUT2D eigenvalue weighted by Crippen LogP contribution is 2.29. The molecule has 1 atom stereocenters. The minimum atomic E-state index is -0.488. The summed E-state index contributed by atoms with van der Waals surface area (Å²) in [5.74, 6) is 0.856. The smallest absolute Gasteiger partial charge is 0.410 e. The Morgan fingerprint density at radius 3 is 2.88 bits per heavy atom. The van der Waals surface area contributed by atoms with Gasteiger partial charge in [-0.3, -0.25) is 0 Å². The molecule has 1 aromatic rings. The maximum Gasteiger partial charge on any atom is 0.410 e. The number of hydrogen-bond donors (Lipinski definition) is 1. The van der Waals surface area contributed by atoms with Crippen molar-refractivity contribution in [2.75, 3.05) is 19.7 Å². The van der Waals surface area contributed by atoms with Crippen molar-refractivity contribution in [2.45, 2.75) is 45.8 Å². The molecule has 1 aromatic heterocycles. The molecule has 2 N–H and O–H groups in total. The molecule has 1 fully saturated rings. The first-order valence-corrected chi connectivity index (χ1v) is 9.52. The van der Waals surface area contributed by atoms with E-state index in [2.05, 4.69) is 20.9 Å². The second-order valence-electron chi connectivity index (χ2n) is 7.16. The SMILES string of the molecule is CC(C)(C)OC(=O)N1CCC[C@@H](COc2cc(Br)c(Cl)nc2CN)C1. The molecule has 2 heterocycles. The Balaban J connectivity index is 1.95. The Morgan fingerprint density at radius 2 is 2.24 bits per heavy atom. The van der Waals surface area contributed by atoms with Gasteiger partial charge in [0.25, 0.3) is 0 Å². The number of carbonyl (C=O) groups excluding carboxylic acids is 1. The van der Waals surface area contributed by atoms with Gasteiger partial charge in [0.1, 0.15) is 16.5 Å². The number of piperidine rings is 1. The molecule has 1 amide bonds. The third-order valence-electron chi connectivity index (χ3n) is 3.81. The van der Waals surface area contributed by atoms with Crippen LogP contribution in [0.3, 0.4) is 0 Å². The Kier molecular flexibility index (Phi) is 6.93. The summed E-state index contributed by atoms with van der Waals surface area (Å²) in [6.07, 6.45) is 1.66. The third kappa shape index (κ3) is 6.01. The van der Waals surface area contributed by atoms with Crippen LogP contribution in [0.4, 0.5) is 4.79 Å². The van der Waals surface area contributed by atoms with Crippen molar-refractivity contribution in [1.82, 2.24) is 9.88 Å². The summed E-state index contributed by atoms with van der Waals surface area (Å²) >= 11 is 9.34. The summed E-state index contributed by atoms with van der Waals surface area (Å²) in [6.45, 7) is 7.68. The standard InChI is InChI=1S/C17H25BrClN3O3/c1-17(2,3)25-16(23)22-6-4-5-11(9-22)10-24-14-7-12(18)15(19)21-13(14)8-20/h7,11H,4-6,8-10,20H2,1-3H3/t11-/m1/s1. The zero-order valence-electron chi connectivity index (χ0n) is 14.8. The second-order valence-corrected chi connectivity index (χ2v) is 8.37. The lowest BCUT2D eigenvalue weighted by molar-refractivity contribution is 0.0139. The number of rotatable bonds is 4. The average molecular weight is 435 g/mol. The van der Waals surface area contributed by atoms with Crippen molar-refractivity contribution in [1.29, 1.82) is 0 Å². The summed E-state index contributed by atoms with van der Waals surface area (Å²) in [7, 11) is 0. The maximum atomic E-state index is 12.2. The molecule has 6 nitrogen and oxygen atoms in total. The quantitative estimate of drug-likeness (QED) is 0.725. The van der Waals surface area contributed by atoms with Crippen LogP contribution < -0.4 is 10.5 Å². The van der Waals surface area contributed by atoms with Gasteiger partial charge >= 0.3 is 6.09 Å². The van der Waals surface area contributed by atoms with Crippen LogP contribution in [0.2, 0.25) is 5.15 Å². The number of nitrogens with two attached hydrogens (primary N) is 1. The molecule has 0 radical (unpaired) electrons. The molecule has 0 spiro atoms. The van der Waals surface area contributed by atoms with E-state index in [1.807, 2.05) is 20.8 Å². The van der Waals surface area contributed by atoms with Gasteiger partial charge in [-0.2, -0.15) is 0 Å². The van der Waals surface area contributed by atoms with Gasteiger partial charge in [0.2, 0.25) is 0 Å². The molecule has 25 heavy (non-hydrogen) atoms. The predicted molar refractivity (Wildman–Crippen MR) is 101 cm³/mol. The van der Waals surface area contributed by atoms with E-state index in [4.69, 9.17) is 26.8 Å². The molecule has 0 saturated carbocycles. The zero-order chi connectivity index (χ0) is 18.6. The number of nitrogens with zero attached hydrogens (tertiary/aromatic N) is 2. The molecular formula is C17H25BrClN3O3. The number of carbonyl (C=O) groups is 1. The Hall–Kier alpha value is -1.05. The summed E-state index contributed by atoms with van der Waals surface area (Å²) < 4.78 is 12.0. The van der Waals surface area contributed by atoms with Crippen molar-refractivity contribution in [3.63, 3.8) is 0 Å². The van der Waals surface area contributed by atoms with E-state index in [1.54, 1.807) is 11.0 Å². The second kappa shape index (κ2) is 8.56. The van der Waals surface area contributed by atoms with E-state index in [1.165, 1.54) is 0 Å². The Labute approximate surface area is 162 Å². The van der Waals surface area contributed by atoms with E-state index in [0.717, 1.165) is 12.8 Å². The van der Waals surface area contributed by atoms with Gasteiger partial charge in [-0.25, -0.2) is 9.78 Å². The first-order chi connectivity index (χ1) is 11.7. The topological polar surface area (TPSA) is 77.7 Å². The van der Waals surface area contributed by atoms with Crippen molar-refractivity contribution in [3.8, 4) is 5.75 Å². The molecule has 0 bridgehead atoms. The number of likely N-dealkylation sites (tertiary alicyclic amines) is 1. The highest BCUT2D eigenvalue weighted by molar-refractivity contribution is 9.10. The summed E-state index contributed by atoms with van der Waals surface area (Å²) in [5, 5.41) is 0.363. The first-order valence-electron chi connectivity index (χ1n) is 8.35. The molecule has 8 heteroatoms.